The van der Waals surface area contributed by atoms with E-state index in [0.29, 0.717) is 5.56 Å². The van der Waals surface area contributed by atoms with E-state index in [1.165, 1.54) is 6.07 Å². The normalized spacial score (nSPS) is 28.0. The topological polar surface area (TPSA) is 32.3 Å². The Kier molecular flexibility index (Phi) is 2.78. The van der Waals surface area contributed by atoms with Crippen molar-refractivity contribution in [2.24, 2.45) is 0 Å². The molecule has 3 nitrogen and oxygen atoms in total. The average Bonchev–Trinajstić information content (AvgIpc) is 2.71. The minimum absolute atomic E-state index is 0.00978. The van der Waals surface area contributed by atoms with Crippen LogP contribution in [0.15, 0.2) is 18.2 Å². The summed E-state index contributed by atoms with van der Waals surface area (Å²) in [5.74, 6) is -1.75. The standard InChI is InChI=1S/C13H14F2N2O/c14-9-5-4-8(7-10(9)15)12-16-13(18)11-3-1-2-6-17(11)12/h4-5,7,11-12H,1-3,6H2,(H,16,18). The SMILES string of the molecule is O=C1NC(c2ccc(F)c(F)c2)N2CCCCC12. The van der Waals surface area contributed by atoms with Gasteiger partial charge in [-0.2, -0.15) is 0 Å². The summed E-state index contributed by atoms with van der Waals surface area (Å²) >= 11 is 0. The number of piperidine rings is 1. The van der Waals surface area contributed by atoms with Crippen LogP contribution >= 0.6 is 0 Å². The van der Waals surface area contributed by atoms with Crippen molar-refractivity contribution >= 4 is 5.91 Å². The van der Waals surface area contributed by atoms with Gasteiger partial charge >= 0.3 is 0 Å². The minimum Gasteiger partial charge on any atom is -0.335 e. The highest BCUT2D eigenvalue weighted by Crippen LogP contribution is 2.32. The molecule has 0 aliphatic carbocycles. The van der Waals surface area contributed by atoms with E-state index < -0.39 is 11.6 Å². The number of rotatable bonds is 1. The zero-order chi connectivity index (χ0) is 12.7. The number of benzene rings is 1. The molecule has 0 aromatic heterocycles. The largest absolute Gasteiger partial charge is 0.335 e. The summed E-state index contributed by atoms with van der Waals surface area (Å²) in [6, 6.07) is 3.68. The molecule has 2 saturated heterocycles. The second kappa shape index (κ2) is 4.31. The first kappa shape index (κ1) is 11.6. The van der Waals surface area contributed by atoms with Gasteiger partial charge in [0.05, 0.1) is 6.04 Å². The van der Waals surface area contributed by atoms with Gasteiger partial charge in [0.2, 0.25) is 5.91 Å². The maximum absolute atomic E-state index is 13.2. The van der Waals surface area contributed by atoms with Crippen LogP contribution in [0, 0.1) is 11.6 Å². The molecule has 1 aromatic rings. The quantitative estimate of drug-likeness (QED) is 0.828. The van der Waals surface area contributed by atoms with Gasteiger partial charge in [-0.25, -0.2) is 8.78 Å². The molecule has 2 unspecified atom stereocenters. The molecule has 1 N–H and O–H groups in total. The lowest BCUT2D eigenvalue weighted by Crippen LogP contribution is -2.38. The molecule has 96 valence electrons. The average molecular weight is 252 g/mol. The monoisotopic (exact) mass is 252 g/mol. The van der Waals surface area contributed by atoms with Crippen LogP contribution in [0.1, 0.15) is 31.0 Å². The number of amides is 1. The van der Waals surface area contributed by atoms with Crippen LogP contribution in [0.3, 0.4) is 0 Å². The van der Waals surface area contributed by atoms with Gasteiger partial charge in [0.15, 0.2) is 11.6 Å². The molecule has 2 fully saturated rings. The summed E-state index contributed by atoms with van der Waals surface area (Å²) in [7, 11) is 0. The zero-order valence-corrected chi connectivity index (χ0v) is 9.83. The second-order valence-corrected chi connectivity index (χ2v) is 4.83. The first-order chi connectivity index (χ1) is 8.66. The minimum atomic E-state index is -0.873. The Morgan fingerprint density at radius 3 is 2.83 bits per heavy atom. The molecule has 2 heterocycles. The number of nitrogens with zero attached hydrogens (tertiary/aromatic N) is 1. The lowest BCUT2D eigenvalue weighted by atomic mass is 10.0. The first-order valence-electron chi connectivity index (χ1n) is 6.18. The lowest BCUT2D eigenvalue weighted by molar-refractivity contribution is -0.122. The fraction of sp³-hybridized carbons (Fsp3) is 0.462. The number of fused-ring (bicyclic) bond motifs is 1. The van der Waals surface area contributed by atoms with E-state index >= 15 is 0 Å². The molecule has 0 bridgehead atoms. The molecule has 0 saturated carbocycles. The maximum Gasteiger partial charge on any atom is 0.238 e. The van der Waals surface area contributed by atoms with Crippen molar-refractivity contribution in [1.29, 1.82) is 0 Å². The molecule has 0 radical (unpaired) electrons. The highest BCUT2D eigenvalue weighted by Gasteiger charge is 2.41. The number of hydrogen-bond acceptors (Lipinski definition) is 2. The Morgan fingerprint density at radius 1 is 1.22 bits per heavy atom. The summed E-state index contributed by atoms with van der Waals surface area (Å²) in [5.41, 5.74) is 0.603. The Balaban J connectivity index is 1.91. The number of carbonyl (C=O) groups is 1. The molecule has 18 heavy (non-hydrogen) atoms. The lowest BCUT2D eigenvalue weighted by Gasteiger charge is -2.31. The highest BCUT2D eigenvalue weighted by molar-refractivity contribution is 5.84. The van der Waals surface area contributed by atoms with Crippen LogP contribution in [-0.2, 0) is 4.79 Å². The van der Waals surface area contributed by atoms with Crippen molar-refractivity contribution in [1.82, 2.24) is 10.2 Å². The Bertz CT molecular complexity index is 492. The third kappa shape index (κ3) is 1.79. The van der Waals surface area contributed by atoms with E-state index in [1.54, 1.807) is 0 Å². The Labute approximate surface area is 104 Å². The van der Waals surface area contributed by atoms with Gasteiger partial charge in [-0.3, -0.25) is 9.69 Å². The summed E-state index contributed by atoms with van der Waals surface area (Å²) in [4.78, 5) is 13.9. The van der Waals surface area contributed by atoms with Crippen LogP contribution in [0.4, 0.5) is 8.78 Å². The predicted molar refractivity (Wildman–Crippen MR) is 61.6 cm³/mol. The number of hydrogen-bond donors (Lipinski definition) is 1. The van der Waals surface area contributed by atoms with Gasteiger partial charge in [-0.15, -0.1) is 0 Å². The third-order valence-corrected chi connectivity index (χ3v) is 3.72. The summed E-state index contributed by atoms with van der Waals surface area (Å²) in [6.45, 7) is 0.813. The third-order valence-electron chi connectivity index (χ3n) is 3.72. The second-order valence-electron chi connectivity index (χ2n) is 4.83. The van der Waals surface area contributed by atoms with Gasteiger partial charge in [0, 0.05) is 6.54 Å². The fourth-order valence-electron chi connectivity index (χ4n) is 2.82. The fourth-order valence-corrected chi connectivity index (χ4v) is 2.82. The molecule has 3 rings (SSSR count). The van der Waals surface area contributed by atoms with E-state index in [2.05, 4.69) is 5.32 Å². The maximum atomic E-state index is 13.2. The van der Waals surface area contributed by atoms with Crippen molar-refractivity contribution in [3.63, 3.8) is 0 Å². The molecular weight excluding hydrogens is 238 g/mol. The van der Waals surface area contributed by atoms with Crippen LogP contribution in [-0.4, -0.2) is 23.4 Å². The Hall–Kier alpha value is -1.49. The van der Waals surface area contributed by atoms with E-state index in [4.69, 9.17) is 0 Å². The molecule has 1 amide bonds. The van der Waals surface area contributed by atoms with E-state index in [-0.39, 0.29) is 18.1 Å². The van der Waals surface area contributed by atoms with Crippen molar-refractivity contribution in [2.75, 3.05) is 6.54 Å². The van der Waals surface area contributed by atoms with Crippen molar-refractivity contribution in [3.8, 4) is 0 Å². The van der Waals surface area contributed by atoms with Crippen LogP contribution < -0.4 is 5.32 Å². The van der Waals surface area contributed by atoms with Crippen molar-refractivity contribution < 1.29 is 13.6 Å². The molecule has 2 atom stereocenters. The first-order valence-corrected chi connectivity index (χ1v) is 6.18. The van der Waals surface area contributed by atoms with Gasteiger partial charge < -0.3 is 5.32 Å². The highest BCUT2D eigenvalue weighted by atomic mass is 19.2. The zero-order valence-electron chi connectivity index (χ0n) is 9.83. The van der Waals surface area contributed by atoms with Crippen LogP contribution in [0.25, 0.3) is 0 Å². The molecular formula is C13H14F2N2O. The van der Waals surface area contributed by atoms with E-state index in [9.17, 15) is 13.6 Å². The Morgan fingerprint density at radius 2 is 2.06 bits per heavy atom. The molecule has 2 aliphatic rings. The van der Waals surface area contributed by atoms with Crippen molar-refractivity contribution in [3.05, 3.63) is 35.4 Å². The number of halogens is 2. The molecule has 0 spiro atoms. The van der Waals surface area contributed by atoms with Gasteiger partial charge in [0.25, 0.3) is 0 Å². The molecule has 2 aliphatic heterocycles. The van der Waals surface area contributed by atoms with E-state index in [0.717, 1.165) is 37.9 Å². The molecule has 5 heteroatoms. The molecule has 1 aromatic carbocycles. The van der Waals surface area contributed by atoms with Crippen LogP contribution in [0.2, 0.25) is 0 Å². The summed E-state index contributed by atoms with van der Waals surface area (Å²) in [6.07, 6.45) is 2.59. The van der Waals surface area contributed by atoms with Gasteiger partial charge in [0.1, 0.15) is 6.17 Å². The number of nitrogens with one attached hydrogen (secondary N) is 1. The van der Waals surface area contributed by atoms with Gasteiger partial charge in [-0.05, 0) is 30.5 Å². The predicted octanol–water partition coefficient (Wildman–Crippen LogP) is 1.95. The number of carbonyl (C=O) groups excluding carboxylic acids is 1. The van der Waals surface area contributed by atoms with Crippen molar-refractivity contribution in [2.45, 2.75) is 31.5 Å². The summed E-state index contributed by atoms with van der Waals surface area (Å²) < 4.78 is 26.2. The van der Waals surface area contributed by atoms with Gasteiger partial charge in [-0.1, -0.05) is 12.5 Å². The van der Waals surface area contributed by atoms with E-state index in [1.807, 2.05) is 4.90 Å². The summed E-state index contributed by atoms with van der Waals surface area (Å²) in [5, 5.41) is 2.86. The smallest absolute Gasteiger partial charge is 0.238 e. The van der Waals surface area contributed by atoms with Crippen LogP contribution in [0.5, 0.6) is 0 Å².